The Morgan fingerprint density at radius 1 is 1.22 bits per heavy atom. The second kappa shape index (κ2) is 6.17. The molecule has 0 aliphatic carbocycles. The lowest BCUT2D eigenvalue weighted by Crippen LogP contribution is -2.16. The van der Waals surface area contributed by atoms with Gasteiger partial charge in [0.25, 0.3) is 0 Å². The molecule has 1 heterocycles. The maximum absolute atomic E-state index is 3.42. The van der Waals surface area contributed by atoms with Crippen LogP contribution < -0.4 is 5.32 Å². The summed E-state index contributed by atoms with van der Waals surface area (Å²) in [5.74, 6) is 0. The third-order valence-corrected chi connectivity index (χ3v) is 4.19. The molecule has 0 radical (unpaired) electrons. The molecular formula is C16H21NS. The molecule has 1 nitrogen and oxygen atoms in total. The lowest BCUT2D eigenvalue weighted by atomic mass is 10.00. The lowest BCUT2D eigenvalue weighted by molar-refractivity contribution is 0.550. The molecular weight excluding hydrogens is 238 g/mol. The Morgan fingerprint density at radius 2 is 2.06 bits per heavy atom. The zero-order valence-electron chi connectivity index (χ0n) is 11.4. The van der Waals surface area contributed by atoms with Crippen molar-refractivity contribution in [2.75, 3.05) is 7.05 Å². The second-order valence-electron chi connectivity index (χ2n) is 4.86. The predicted octanol–water partition coefficient (Wildman–Crippen LogP) is 4.26. The Hall–Kier alpha value is -1.12. The summed E-state index contributed by atoms with van der Waals surface area (Å²) in [5, 5.41) is 5.69. The van der Waals surface area contributed by atoms with Crippen LogP contribution in [0.2, 0.25) is 0 Å². The van der Waals surface area contributed by atoms with Crippen molar-refractivity contribution in [2.45, 2.75) is 32.7 Å². The standard InChI is InChI=1S/C16H21NS/c1-12-5-4-6-14(9-12)7-8-16(17-3)15-10-13(2)18-11-15/h4-6,9-11,16-17H,7-8H2,1-3H3. The van der Waals surface area contributed by atoms with Crippen LogP contribution in [0.4, 0.5) is 0 Å². The number of thiophene rings is 1. The topological polar surface area (TPSA) is 12.0 Å². The van der Waals surface area contributed by atoms with Crippen molar-refractivity contribution < 1.29 is 0 Å². The molecule has 1 aromatic heterocycles. The largest absolute Gasteiger partial charge is 0.313 e. The van der Waals surface area contributed by atoms with Crippen molar-refractivity contribution in [3.05, 3.63) is 57.3 Å². The van der Waals surface area contributed by atoms with E-state index in [4.69, 9.17) is 0 Å². The van der Waals surface area contributed by atoms with E-state index in [1.807, 2.05) is 18.4 Å². The van der Waals surface area contributed by atoms with Crippen molar-refractivity contribution >= 4 is 11.3 Å². The quantitative estimate of drug-likeness (QED) is 0.846. The summed E-state index contributed by atoms with van der Waals surface area (Å²) < 4.78 is 0. The first-order valence-corrected chi connectivity index (χ1v) is 7.35. The molecule has 0 saturated carbocycles. The van der Waals surface area contributed by atoms with Crippen molar-refractivity contribution in [1.82, 2.24) is 5.32 Å². The molecule has 1 N–H and O–H groups in total. The van der Waals surface area contributed by atoms with Crippen LogP contribution in [0.1, 0.15) is 34.0 Å². The molecule has 0 saturated heterocycles. The second-order valence-corrected chi connectivity index (χ2v) is 5.98. The molecule has 0 fully saturated rings. The van der Waals surface area contributed by atoms with E-state index in [1.165, 1.54) is 21.6 Å². The van der Waals surface area contributed by atoms with Crippen LogP contribution in [0.3, 0.4) is 0 Å². The zero-order chi connectivity index (χ0) is 13.0. The van der Waals surface area contributed by atoms with Crippen molar-refractivity contribution in [1.29, 1.82) is 0 Å². The molecule has 1 aromatic carbocycles. The zero-order valence-corrected chi connectivity index (χ0v) is 12.2. The molecule has 1 unspecified atom stereocenters. The fourth-order valence-electron chi connectivity index (χ4n) is 2.30. The highest BCUT2D eigenvalue weighted by molar-refractivity contribution is 7.10. The van der Waals surface area contributed by atoms with E-state index < -0.39 is 0 Å². The highest BCUT2D eigenvalue weighted by Crippen LogP contribution is 2.24. The van der Waals surface area contributed by atoms with E-state index in [0.717, 1.165) is 12.8 Å². The van der Waals surface area contributed by atoms with Gasteiger partial charge in [-0.15, -0.1) is 11.3 Å². The van der Waals surface area contributed by atoms with Gasteiger partial charge in [0.2, 0.25) is 0 Å². The molecule has 2 heteroatoms. The van der Waals surface area contributed by atoms with Gasteiger partial charge in [-0.3, -0.25) is 0 Å². The SMILES string of the molecule is CNC(CCc1cccc(C)c1)c1csc(C)c1. The maximum atomic E-state index is 3.42. The number of rotatable bonds is 5. The smallest absolute Gasteiger partial charge is 0.0329 e. The van der Waals surface area contributed by atoms with Crippen molar-refractivity contribution in [2.24, 2.45) is 0 Å². The molecule has 0 bridgehead atoms. The summed E-state index contributed by atoms with van der Waals surface area (Å²) in [5.41, 5.74) is 4.20. The Morgan fingerprint density at radius 3 is 2.67 bits per heavy atom. The molecule has 2 rings (SSSR count). The van der Waals surface area contributed by atoms with E-state index in [2.05, 4.69) is 54.9 Å². The highest BCUT2D eigenvalue weighted by atomic mass is 32.1. The molecule has 2 aromatic rings. The normalized spacial score (nSPS) is 12.6. The molecule has 18 heavy (non-hydrogen) atoms. The minimum atomic E-state index is 0.468. The Kier molecular flexibility index (Phi) is 4.56. The van der Waals surface area contributed by atoms with E-state index >= 15 is 0 Å². The molecule has 0 amide bonds. The van der Waals surface area contributed by atoms with Crippen molar-refractivity contribution in [3.8, 4) is 0 Å². The maximum Gasteiger partial charge on any atom is 0.0329 e. The summed E-state index contributed by atoms with van der Waals surface area (Å²) >= 11 is 1.83. The third-order valence-electron chi connectivity index (χ3n) is 3.31. The summed E-state index contributed by atoms with van der Waals surface area (Å²) in [6.45, 7) is 4.32. The van der Waals surface area contributed by atoms with Crippen LogP contribution in [0.5, 0.6) is 0 Å². The average molecular weight is 259 g/mol. The van der Waals surface area contributed by atoms with Crippen LogP contribution in [-0.2, 0) is 6.42 Å². The molecule has 1 atom stereocenters. The van der Waals surface area contributed by atoms with Gasteiger partial charge in [-0.1, -0.05) is 29.8 Å². The Labute approximate surface area is 114 Å². The number of hydrogen-bond donors (Lipinski definition) is 1. The molecule has 0 aliphatic heterocycles. The summed E-state index contributed by atoms with van der Waals surface area (Å²) in [4.78, 5) is 1.39. The third kappa shape index (κ3) is 3.44. The average Bonchev–Trinajstić information content (AvgIpc) is 2.77. The van der Waals surface area contributed by atoms with Gasteiger partial charge in [0, 0.05) is 10.9 Å². The Balaban J connectivity index is 1.99. The Bertz CT molecular complexity index is 501. The van der Waals surface area contributed by atoms with E-state index in [1.54, 1.807) is 0 Å². The molecule has 0 spiro atoms. The number of aryl methyl sites for hydroxylation is 3. The first-order chi connectivity index (χ1) is 8.69. The fourth-order valence-corrected chi connectivity index (χ4v) is 3.06. The monoisotopic (exact) mass is 259 g/mol. The van der Waals surface area contributed by atoms with Crippen LogP contribution in [0.15, 0.2) is 35.7 Å². The van der Waals surface area contributed by atoms with Gasteiger partial charge in [-0.05, 0) is 56.3 Å². The van der Waals surface area contributed by atoms with Crippen molar-refractivity contribution in [3.63, 3.8) is 0 Å². The van der Waals surface area contributed by atoms with Crippen LogP contribution in [0, 0.1) is 13.8 Å². The number of nitrogens with one attached hydrogen (secondary N) is 1. The predicted molar refractivity (Wildman–Crippen MR) is 80.4 cm³/mol. The van der Waals surface area contributed by atoms with E-state index in [9.17, 15) is 0 Å². The molecule has 0 aliphatic rings. The number of hydrogen-bond acceptors (Lipinski definition) is 2. The number of benzene rings is 1. The first kappa shape index (κ1) is 13.3. The van der Waals surface area contributed by atoms with Gasteiger partial charge in [0.1, 0.15) is 0 Å². The van der Waals surface area contributed by atoms with Crippen LogP contribution in [-0.4, -0.2) is 7.05 Å². The van der Waals surface area contributed by atoms with Gasteiger partial charge >= 0.3 is 0 Å². The van der Waals surface area contributed by atoms with Gasteiger partial charge in [0.05, 0.1) is 0 Å². The van der Waals surface area contributed by atoms with Gasteiger partial charge in [-0.25, -0.2) is 0 Å². The van der Waals surface area contributed by atoms with Gasteiger partial charge < -0.3 is 5.32 Å². The van der Waals surface area contributed by atoms with E-state index in [0.29, 0.717) is 6.04 Å². The summed E-state index contributed by atoms with van der Waals surface area (Å²) in [7, 11) is 2.05. The summed E-state index contributed by atoms with van der Waals surface area (Å²) in [6.07, 6.45) is 2.28. The van der Waals surface area contributed by atoms with Gasteiger partial charge in [0.15, 0.2) is 0 Å². The fraction of sp³-hybridized carbons (Fsp3) is 0.375. The van der Waals surface area contributed by atoms with Crippen LogP contribution in [0.25, 0.3) is 0 Å². The minimum absolute atomic E-state index is 0.468. The minimum Gasteiger partial charge on any atom is -0.313 e. The summed E-state index contributed by atoms with van der Waals surface area (Å²) in [6, 6.07) is 11.6. The van der Waals surface area contributed by atoms with Crippen LogP contribution >= 0.6 is 11.3 Å². The first-order valence-electron chi connectivity index (χ1n) is 6.47. The van der Waals surface area contributed by atoms with E-state index in [-0.39, 0.29) is 0 Å². The lowest BCUT2D eigenvalue weighted by Gasteiger charge is -2.15. The molecule has 96 valence electrons. The van der Waals surface area contributed by atoms with Gasteiger partial charge in [-0.2, -0.15) is 0 Å². The highest BCUT2D eigenvalue weighted by Gasteiger charge is 2.10.